The first-order valence-electron chi connectivity index (χ1n) is 7.79. The molecule has 0 aromatic heterocycles. The highest BCUT2D eigenvalue weighted by Gasteiger charge is 2.31. The van der Waals surface area contributed by atoms with Crippen molar-refractivity contribution >= 4 is 28.9 Å². The Hall–Kier alpha value is -2.21. The van der Waals surface area contributed by atoms with Crippen molar-refractivity contribution in [2.45, 2.75) is 20.0 Å². The Bertz CT molecular complexity index is 741. The largest absolute Gasteiger partial charge is 0.416 e. The predicted molar refractivity (Wildman–Crippen MR) is 94.4 cm³/mol. The van der Waals surface area contributed by atoms with Crippen LogP contribution in [-0.2, 0) is 6.18 Å². The van der Waals surface area contributed by atoms with Crippen molar-refractivity contribution in [2.24, 2.45) is 0 Å². The summed E-state index contributed by atoms with van der Waals surface area (Å²) in [5.74, 6) is -0.521. The summed E-state index contributed by atoms with van der Waals surface area (Å²) >= 11 is 5.89. The van der Waals surface area contributed by atoms with Crippen LogP contribution < -0.4 is 10.2 Å². The van der Waals surface area contributed by atoms with Crippen LogP contribution in [-0.4, -0.2) is 19.0 Å². The van der Waals surface area contributed by atoms with Crippen LogP contribution in [0, 0.1) is 0 Å². The van der Waals surface area contributed by atoms with E-state index in [9.17, 15) is 18.0 Å². The van der Waals surface area contributed by atoms with E-state index in [0.29, 0.717) is 5.56 Å². The van der Waals surface area contributed by atoms with Gasteiger partial charge >= 0.3 is 6.18 Å². The van der Waals surface area contributed by atoms with Gasteiger partial charge in [-0.25, -0.2) is 0 Å². The molecule has 0 unspecified atom stereocenters. The fraction of sp³-hybridized carbons (Fsp3) is 0.278. The minimum absolute atomic E-state index is 0.0427. The smallest absolute Gasteiger partial charge is 0.372 e. The van der Waals surface area contributed by atoms with Gasteiger partial charge < -0.3 is 10.2 Å². The maximum Gasteiger partial charge on any atom is 0.416 e. The second kappa shape index (κ2) is 7.78. The number of carbonyl (C=O) groups is 1. The molecule has 2 aromatic carbocycles. The summed E-state index contributed by atoms with van der Waals surface area (Å²) in [6, 6.07) is 9.67. The first kappa shape index (κ1) is 19.1. The highest BCUT2D eigenvalue weighted by Crippen LogP contribution is 2.34. The normalized spacial score (nSPS) is 11.3. The number of nitrogens with one attached hydrogen (secondary N) is 1. The monoisotopic (exact) mass is 370 g/mol. The summed E-state index contributed by atoms with van der Waals surface area (Å²) < 4.78 is 38.4. The van der Waals surface area contributed by atoms with Gasteiger partial charge in [0.05, 0.1) is 16.3 Å². The Morgan fingerprint density at radius 3 is 2.20 bits per heavy atom. The third-order valence-electron chi connectivity index (χ3n) is 3.80. The molecule has 3 nitrogen and oxygen atoms in total. The quantitative estimate of drug-likeness (QED) is 0.758. The Kier molecular flexibility index (Phi) is 5.95. The zero-order valence-electron chi connectivity index (χ0n) is 13.8. The van der Waals surface area contributed by atoms with E-state index in [-0.39, 0.29) is 10.7 Å². The van der Waals surface area contributed by atoms with Crippen molar-refractivity contribution in [2.75, 3.05) is 23.3 Å². The van der Waals surface area contributed by atoms with Gasteiger partial charge in [-0.15, -0.1) is 0 Å². The molecule has 0 bridgehead atoms. The molecule has 0 saturated heterocycles. The van der Waals surface area contributed by atoms with E-state index < -0.39 is 17.6 Å². The van der Waals surface area contributed by atoms with Gasteiger partial charge in [-0.2, -0.15) is 13.2 Å². The number of alkyl halides is 3. The lowest BCUT2D eigenvalue weighted by molar-refractivity contribution is -0.137. The van der Waals surface area contributed by atoms with E-state index in [1.807, 2.05) is 13.8 Å². The van der Waals surface area contributed by atoms with Gasteiger partial charge in [0, 0.05) is 24.3 Å². The Labute approximate surface area is 149 Å². The molecule has 0 aliphatic rings. The molecule has 0 heterocycles. The number of hydrogen-bond acceptors (Lipinski definition) is 2. The molecular weight excluding hydrogens is 353 g/mol. The molecule has 0 aliphatic heterocycles. The second-order valence-corrected chi connectivity index (χ2v) is 5.77. The summed E-state index contributed by atoms with van der Waals surface area (Å²) in [4.78, 5) is 14.4. The zero-order chi connectivity index (χ0) is 18.6. The van der Waals surface area contributed by atoms with Crippen molar-refractivity contribution in [3.05, 3.63) is 58.6 Å². The molecule has 1 amide bonds. The Morgan fingerprint density at radius 2 is 1.68 bits per heavy atom. The molecule has 0 saturated carbocycles. The van der Waals surface area contributed by atoms with Crippen molar-refractivity contribution in [1.29, 1.82) is 0 Å². The fourth-order valence-corrected chi connectivity index (χ4v) is 2.57. The number of halogens is 4. The topological polar surface area (TPSA) is 32.3 Å². The van der Waals surface area contributed by atoms with E-state index in [1.54, 1.807) is 24.3 Å². The first-order chi connectivity index (χ1) is 11.8. The fourth-order valence-electron chi connectivity index (χ4n) is 2.40. The van der Waals surface area contributed by atoms with Crippen molar-refractivity contribution in [3.63, 3.8) is 0 Å². The van der Waals surface area contributed by atoms with Gasteiger partial charge in [0.25, 0.3) is 5.91 Å². The second-order valence-electron chi connectivity index (χ2n) is 5.37. The molecule has 0 fully saturated rings. The first-order valence-corrected chi connectivity index (χ1v) is 8.17. The van der Waals surface area contributed by atoms with Crippen LogP contribution in [0.2, 0.25) is 5.02 Å². The van der Waals surface area contributed by atoms with Gasteiger partial charge in [0.2, 0.25) is 0 Å². The lowest BCUT2D eigenvalue weighted by Crippen LogP contribution is -2.21. The van der Waals surface area contributed by atoms with Crippen LogP contribution in [0.15, 0.2) is 42.5 Å². The van der Waals surface area contributed by atoms with Crippen LogP contribution in [0.4, 0.5) is 24.5 Å². The molecule has 0 atom stereocenters. The van der Waals surface area contributed by atoms with Crippen LogP contribution in [0.3, 0.4) is 0 Å². The molecule has 2 rings (SSSR count). The third kappa shape index (κ3) is 4.66. The number of nitrogens with zero attached hydrogens (tertiary/aromatic N) is 1. The summed E-state index contributed by atoms with van der Waals surface area (Å²) in [5, 5.41) is 2.47. The predicted octanol–water partition coefficient (Wildman–Crippen LogP) is 5.46. The number of carbonyl (C=O) groups excluding carboxylic acids is 1. The van der Waals surface area contributed by atoms with Crippen LogP contribution in [0.1, 0.15) is 29.8 Å². The molecule has 2 aromatic rings. The van der Waals surface area contributed by atoms with Crippen molar-refractivity contribution < 1.29 is 18.0 Å². The van der Waals surface area contributed by atoms with Gasteiger partial charge in [0.15, 0.2) is 0 Å². The molecular formula is C18H18ClF3N2O. The van der Waals surface area contributed by atoms with E-state index in [0.717, 1.165) is 37.0 Å². The molecule has 0 radical (unpaired) electrons. The summed E-state index contributed by atoms with van der Waals surface area (Å²) in [6.45, 7) is 5.73. The van der Waals surface area contributed by atoms with Gasteiger partial charge in [0.1, 0.15) is 0 Å². The highest BCUT2D eigenvalue weighted by atomic mass is 35.5. The van der Waals surface area contributed by atoms with Crippen LogP contribution in [0.25, 0.3) is 0 Å². The van der Waals surface area contributed by atoms with Crippen molar-refractivity contribution in [3.8, 4) is 0 Å². The number of rotatable bonds is 5. The average Bonchev–Trinajstić information content (AvgIpc) is 2.57. The van der Waals surface area contributed by atoms with Crippen molar-refractivity contribution in [1.82, 2.24) is 0 Å². The lowest BCUT2D eigenvalue weighted by Gasteiger charge is -2.21. The number of amides is 1. The van der Waals surface area contributed by atoms with Crippen LogP contribution >= 0.6 is 11.6 Å². The number of hydrogen-bond donors (Lipinski definition) is 1. The minimum Gasteiger partial charge on any atom is -0.372 e. The third-order valence-corrected chi connectivity index (χ3v) is 4.13. The van der Waals surface area contributed by atoms with E-state index >= 15 is 0 Å². The maximum absolute atomic E-state index is 12.8. The Morgan fingerprint density at radius 1 is 1.08 bits per heavy atom. The van der Waals surface area contributed by atoms with E-state index in [1.165, 1.54) is 0 Å². The summed E-state index contributed by atoms with van der Waals surface area (Å²) in [5.41, 5.74) is 0.362. The van der Waals surface area contributed by atoms with Gasteiger partial charge in [-0.3, -0.25) is 4.79 Å². The van der Waals surface area contributed by atoms with Gasteiger partial charge in [-0.1, -0.05) is 11.6 Å². The standard InChI is InChI=1S/C18H18ClF3N2O/c1-3-24(4-2)14-8-5-12(6-9-14)17(25)23-16-11-13(18(20,21)22)7-10-15(16)19/h5-11H,3-4H2,1-2H3,(H,23,25). The van der Waals surface area contributed by atoms with Gasteiger partial charge in [-0.05, 0) is 56.3 Å². The summed E-state index contributed by atoms with van der Waals surface area (Å²) in [7, 11) is 0. The SMILES string of the molecule is CCN(CC)c1ccc(C(=O)Nc2cc(C(F)(F)F)ccc2Cl)cc1. The lowest BCUT2D eigenvalue weighted by atomic mass is 10.1. The molecule has 25 heavy (non-hydrogen) atoms. The molecule has 7 heteroatoms. The minimum atomic E-state index is -4.50. The molecule has 1 N–H and O–H groups in total. The Balaban J connectivity index is 2.20. The van der Waals surface area contributed by atoms with Crippen LogP contribution in [0.5, 0.6) is 0 Å². The number of anilines is 2. The van der Waals surface area contributed by atoms with E-state index in [2.05, 4.69) is 10.2 Å². The molecule has 134 valence electrons. The maximum atomic E-state index is 12.8. The van der Waals surface area contributed by atoms with E-state index in [4.69, 9.17) is 11.6 Å². The average molecular weight is 371 g/mol. The number of benzene rings is 2. The molecule has 0 aliphatic carbocycles. The zero-order valence-corrected chi connectivity index (χ0v) is 14.6. The summed E-state index contributed by atoms with van der Waals surface area (Å²) in [6.07, 6.45) is -4.50. The highest BCUT2D eigenvalue weighted by molar-refractivity contribution is 6.34. The molecule has 0 spiro atoms.